The summed E-state index contributed by atoms with van der Waals surface area (Å²) in [5.74, 6) is 1.37. The standard InChI is InChI=1S/C19H26O4/c1-6-9-18(22-12-7-2)16(8-3)23-14-15-10-11-17(20-4)19(13-15)21-5/h6-8,10-11,13,16,18H,1-3,9,12,14H2,4-5H3/t16-,18+/m1/s1. The van der Waals surface area contributed by atoms with Crippen LogP contribution >= 0.6 is 0 Å². The van der Waals surface area contributed by atoms with Gasteiger partial charge in [0.25, 0.3) is 0 Å². The maximum absolute atomic E-state index is 5.94. The molecule has 4 heteroatoms. The second kappa shape index (κ2) is 10.6. The van der Waals surface area contributed by atoms with E-state index in [-0.39, 0.29) is 12.2 Å². The highest BCUT2D eigenvalue weighted by Crippen LogP contribution is 2.28. The minimum absolute atomic E-state index is 0.136. The van der Waals surface area contributed by atoms with Crippen molar-refractivity contribution in [1.82, 2.24) is 0 Å². The molecule has 1 aromatic rings. The average molecular weight is 318 g/mol. The maximum Gasteiger partial charge on any atom is 0.161 e. The molecule has 1 rings (SSSR count). The van der Waals surface area contributed by atoms with Crippen LogP contribution in [-0.4, -0.2) is 33.0 Å². The van der Waals surface area contributed by atoms with Crippen molar-refractivity contribution in [3.05, 3.63) is 61.7 Å². The van der Waals surface area contributed by atoms with Crippen LogP contribution < -0.4 is 9.47 Å². The van der Waals surface area contributed by atoms with Gasteiger partial charge < -0.3 is 18.9 Å². The van der Waals surface area contributed by atoms with Crippen molar-refractivity contribution in [2.45, 2.75) is 25.2 Å². The smallest absolute Gasteiger partial charge is 0.161 e. The minimum atomic E-state index is -0.235. The second-order valence-electron chi connectivity index (χ2n) is 4.89. The van der Waals surface area contributed by atoms with E-state index in [1.165, 1.54) is 0 Å². The highest BCUT2D eigenvalue weighted by molar-refractivity contribution is 5.42. The van der Waals surface area contributed by atoms with Gasteiger partial charge >= 0.3 is 0 Å². The molecule has 0 fully saturated rings. The molecule has 0 saturated heterocycles. The summed E-state index contributed by atoms with van der Waals surface area (Å²) in [4.78, 5) is 0. The van der Waals surface area contributed by atoms with E-state index < -0.39 is 0 Å². The molecule has 0 aromatic heterocycles. The summed E-state index contributed by atoms with van der Waals surface area (Å²) in [7, 11) is 3.22. The van der Waals surface area contributed by atoms with Crippen molar-refractivity contribution in [2.24, 2.45) is 0 Å². The van der Waals surface area contributed by atoms with Gasteiger partial charge in [-0.1, -0.05) is 24.3 Å². The molecule has 0 unspecified atom stereocenters. The van der Waals surface area contributed by atoms with Gasteiger partial charge in [0.15, 0.2) is 11.5 Å². The fourth-order valence-electron chi connectivity index (χ4n) is 2.14. The van der Waals surface area contributed by atoms with Gasteiger partial charge in [0.1, 0.15) is 6.10 Å². The molecule has 0 amide bonds. The van der Waals surface area contributed by atoms with Gasteiger partial charge in [0.2, 0.25) is 0 Å². The Bertz CT molecular complexity index is 510. The lowest BCUT2D eigenvalue weighted by Crippen LogP contribution is -2.29. The van der Waals surface area contributed by atoms with Crippen LogP contribution in [0.4, 0.5) is 0 Å². The summed E-state index contributed by atoms with van der Waals surface area (Å²) in [6, 6.07) is 5.69. The highest BCUT2D eigenvalue weighted by Gasteiger charge is 2.19. The Labute approximate surface area is 139 Å². The third-order valence-electron chi connectivity index (χ3n) is 3.32. The van der Waals surface area contributed by atoms with Crippen molar-refractivity contribution in [2.75, 3.05) is 20.8 Å². The van der Waals surface area contributed by atoms with E-state index in [1.54, 1.807) is 26.4 Å². The topological polar surface area (TPSA) is 36.9 Å². The number of ether oxygens (including phenoxy) is 4. The van der Waals surface area contributed by atoms with Crippen LogP contribution in [0.2, 0.25) is 0 Å². The van der Waals surface area contributed by atoms with E-state index in [0.717, 1.165) is 5.56 Å². The number of benzene rings is 1. The molecule has 23 heavy (non-hydrogen) atoms. The molecule has 0 aliphatic rings. The van der Waals surface area contributed by atoms with Gasteiger partial charge in [-0.3, -0.25) is 0 Å². The zero-order chi connectivity index (χ0) is 17.1. The van der Waals surface area contributed by atoms with Crippen molar-refractivity contribution in [3.63, 3.8) is 0 Å². The van der Waals surface area contributed by atoms with Gasteiger partial charge in [-0.15, -0.1) is 19.7 Å². The van der Waals surface area contributed by atoms with Gasteiger partial charge in [-0.2, -0.15) is 0 Å². The molecule has 0 aliphatic carbocycles. The first-order valence-electron chi connectivity index (χ1n) is 7.48. The summed E-state index contributed by atoms with van der Waals surface area (Å²) in [6.45, 7) is 12.1. The SMILES string of the molecule is C=CCO[C@@H](CC=C)[C@@H](C=C)OCc1ccc(OC)c(OC)c1. The monoisotopic (exact) mass is 318 g/mol. The number of hydrogen-bond acceptors (Lipinski definition) is 4. The number of rotatable bonds is 12. The van der Waals surface area contributed by atoms with E-state index in [9.17, 15) is 0 Å². The third kappa shape index (κ3) is 5.93. The largest absolute Gasteiger partial charge is 0.493 e. The molecular formula is C19H26O4. The Morgan fingerprint density at radius 2 is 1.74 bits per heavy atom. The molecule has 0 bridgehead atoms. The molecule has 126 valence electrons. The molecular weight excluding hydrogens is 292 g/mol. The molecule has 2 atom stereocenters. The van der Waals surface area contributed by atoms with E-state index >= 15 is 0 Å². The molecule has 0 heterocycles. The molecule has 0 saturated carbocycles. The fraction of sp³-hybridized carbons (Fsp3) is 0.368. The van der Waals surface area contributed by atoms with Crippen LogP contribution in [0.3, 0.4) is 0 Å². The Morgan fingerprint density at radius 1 is 1.00 bits per heavy atom. The summed E-state index contributed by atoms with van der Waals surface area (Å²) >= 11 is 0. The predicted octanol–water partition coefficient (Wildman–Crippen LogP) is 3.92. The number of hydrogen-bond donors (Lipinski definition) is 0. The van der Waals surface area contributed by atoms with Gasteiger partial charge in [0, 0.05) is 0 Å². The first-order chi connectivity index (χ1) is 11.2. The third-order valence-corrected chi connectivity index (χ3v) is 3.32. The zero-order valence-corrected chi connectivity index (χ0v) is 14.0. The van der Waals surface area contributed by atoms with Crippen molar-refractivity contribution >= 4 is 0 Å². The Morgan fingerprint density at radius 3 is 2.30 bits per heavy atom. The van der Waals surface area contributed by atoms with Gasteiger partial charge in [-0.05, 0) is 24.1 Å². The normalized spacial score (nSPS) is 13.0. The van der Waals surface area contributed by atoms with E-state index in [2.05, 4.69) is 19.7 Å². The van der Waals surface area contributed by atoms with Crippen LogP contribution in [0.25, 0.3) is 0 Å². The van der Waals surface area contributed by atoms with E-state index in [4.69, 9.17) is 18.9 Å². The van der Waals surface area contributed by atoms with Gasteiger partial charge in [0.05, 0.1) is 33.5 Å². The van der Waals surface area contributed by atoms with Crippen molar-refractivity contribution in [3.8, 4) is 11.5 Å². The molecule has 0 radical (unpaired) electrons. The summed E-state index contributed by atoms with van der Waals surface area (Å²) in [5, 5.41) is 0. The number of methoxy groups -OCH3 is 2. The summed E-state index contributed by atoms with van der Waals surface area (Å²) < 4.78 is 22.2. The van der Waals surface area contributed by atoms with Crippen molar-refractivity contribution in [1.29, 1.82) is 0 Å². The molecule has 1 aromatic carbocycles. The molecule has 4 nitrogen and oxygen atoms in total. The first kappa shape index (κ1) is 19.0. The van der Waals surface area contributed by atoms with Crippen LogP contribution in [0.15, 0.2) is 56.2 Å². The minimum Gasteiger partial charge on any atom is -0.493 e. The second-order valence-corrected chi connectivity index (χ2v) is 4.89. The Hall–Kier alpha value is -2.04. The first-order valence-corrected chi connectivity index (χ1v) is 7.48. The lowest BCUT2D eigenvalue weighted by molar-refractivity contribution is -0.0480. The predicted molar refractivity (Wildman–Crippen MR) is 93.1 cm³/mol. The van der Waals surface area contributed by atoms with Crippen LogP contribution in [0, 0.1) is 0 Å². The lowest BCUT2D eigenvalue weighted by Gasteiger charge is -2.24. The lowest BCUT2D eigenvalue weighted by atomic mass is 10.1. The molecule has 0 aliphatic heterocycles. The maximum atomic E-state index is 5.94. The average Bonchev–Trinajstić information content (AvgIpc) is 2.59. The fourth-order valence-corrected chi connectivity index (χ4v) is 2.14. The molecule has 0 spiro atoms. The van der Waals surface area contributed by atoms with Crippen LogP contribution in [0.1, 0.15) is 12.0 Å². The van der Waals surface area contributed by atoms with E-state index in [1.807, 2.05) is 24.3 Å². The Kier molecular flexibility index (Phi) is 8.80. The molecule has 0 N–H and O–H groups in total. The summed E-state index contributed by atoms with van der Waals surface area (Å²) in [6.07, 6.45) is 5.58. The van der Waals surface area contributed by atoms with Crippen LogP contribution in [0.5, 0.6) is 11.5 Å². The summed E-state index contributed by atoms with van der Waals surface area (Å²) in [5.41, 5.74) is 0.982. The quantitative estimate of drug-likeness (QED) is 0.547. The zero-order valence-electron chi connectivity index (χ0n) is 14.0. The highest BCUT2D eigenvalue weighted by atomic mass is 16.5. The van der Waals surface area contributed by atoms with Gasteiger partial charge in [-0.25, -0.2) is 0 Å². The Balaban J connectivity index is 2.73. The van der Waals surface area contributed by atoms with E-state index in [0.29, 0.717) is 31.1 Å². The van der Waals surface area contributed by atoms with Crippen molar-refractivity contribution < 1.29 is 18.9 Å². The van der Waals surface area contributed by atoms with Crippen LogP contribution in [-0.2, 0) is 16.1 Å².